The first-order valence-electron chi connectivity index (χ1n) is 10.1. The van der Waals surface area contributed by atoms with Crippen molar-refractivity contribution < 1.29 is 19.1 Å². The number of carbonyl (C=O) groups excluding carboxylic acids is 3. The van der Waals surface area contributed by atoms with Crippen LogP contribution in [0.25, 0.3) is 0 Å². The maximum absolute atomic E-state index is 12.8. The van der Waals surface area contributed by atoms with Gasteiger partial charge in [-0.1, -0.05) is 30.3 Å². The third-order valence-corrected chi connectivity index (χ3v) is 5.72. The Morgan fingerprint density at radius 3 is 2.37 bits per heavy atom. The number of carbonyl (C=O) groups is 3. The maximum Gasteiger partial charge on any atom is 0.261 e. The van der Waals surface area contributed by atoms with Crippen LogP contribution in [0.2, 0.25) is 0 Å². The molecule has 2 aliphatic rings. The van der Waals surface area contributed by atoms with Gasteiger partial charge < -0.3 is 9.64 Å². The van der Waals surface area contributed by atoms with Crippen LogP contribution in [0, 0.1) is 0 Å². The third kappa shape index (κ3) is 4.21. The van der Waals surface area contributed by atoms with Gasteiger partial charge in [-0.15, -0.1) is 0 Å². The maximum atomic E-state index is 12.8. The van der Waals surface area contributed by atoms with Gasteiger partial charge in [0, 0.05) is 38.3 Å². The van der Waals surface area contributed by atoms with E-state index < -0.39 is 0 Å². The predicted octanol–water partition coefficient (Wildman–Crippen LogP) is 1.56. The van der Waals surface area contributed by atoms with E-state index in [0.29, 0.717) is 18.7 Å². The number of benzene rings is 2. The van der Waals surface area contributed by atoms with E-state index in [1.54, 1.807) is 30.2 Å². The molecule has 2 aromatic rings. The Morgan fingerprint density at radius 1 is 0.967 bits per heavy atom. The van der Waals surface area contributed by atoms with Gasteiger partial charge in [0.15, 0.2) is 0 Å². The SMILES string of the molecule is COc1ccc(CN2CCN(C(=O)CN3C(=O)Cc4ccccc4C3=O)CC2)cc1. The van der Waals surface area contributed by atoms with Crippen molar-refractivity contribution >= 4 is 17.7 Å². The Hall–Kier alpha value is -3.19. The van der Waals surface area contributed by atoms with Crippen LogP contribution in [0.5, 0.6) is 5.75 Å². The Labute approximate surface area is 175 Å². The van der Waals surface area contributed by atoms with Gasteiger partial charge >= 0.3 is 0 Å². The fourth-order valence-corrected chi connectivity index (χ4v) is 3.94. The van der Waals surface area contributed by atoms with Crippen molar-refractivity contribution in [3.8, 4) is 5.75 Å². The van der Waals surface area contributed by atoms with Gasteiger partial charge in [0.25, 0.3) is 5.91 Å². The van der Waals surface area contributed by atoms with E-state index in [0.717, 1.165) is 35.8 Å². The largest absolute Gasteiger partial charge is 0.497 e. The minimum absolute atomic E-state index is 0.158. The first-order chi connectivity index (χ1) is 14.5. The van der Waals surface area contributed by atoms with Crippen LogP contribution in [0.15, 0.2) is 48.5 Å². The Balaban J connectivity index is 1.31. The van der Waals surface area contributed by atoms with Gasteiger partial charge in [0.05, 0.1) is 13.5 Å². The van der Waals surface area contributed by atoms with E-state index in [1.807, 2.05) is 30.3 Å². The summed E-state index contributed by atoms with van der Waals surface area (Å²) in [5.41, 5.74) is 2.43. The fraction of sp³-hybridized carbons (Fsp3) is 0.348. The molecular formula is C23H25N3O4. The molecule has 7 nitrogen and oxygen atoms in total. The average molecular weight is 407 g/mol. The zero-order valence-corrected chi connectivity index (χ0v) is 17.0. The summed E-state index contributed by atoms with van der Waals surface area (Å²) in [6.45, 7) is 3.30. The summed E-state index contributed by atoms with van der Waals surface area (Å²) in [7, 11) is 1.65. The zero-order valence-electron chi connectivity index (χ0n) is 17.0. The summed E-state index contributed by atoms with van der Waals surface area (Å²) in [5.74, 6) is -0.0442. The van der Waals surface area contributed by atoms with Gasteiger partial charge in [0.1, 0.15) is 12.3 Å². The predicted molar refractivity (Wildman–Crippen MR) is 111 cm³/mol. The van der Waals surface area contributed by atoms with Crippen LogP contribution < -0.4 is 4.74 Å². The first-order valence-corrected chi connectivity index (χ1v) is 10.1. The fourth-order valence-electron chi connectivity index (χ4n) is 3.94. The van der Waals surface area contributed by atoms with E-state index in [9.17, 15) is 14.4 Å². The van der Waals surface area contributed by atoms with Crippen LogP contribution >= 0.6 is 0 Å². The van der Waals surface area contributed by atoms with Gasteiger partial charge in [0.2, 0.25) is 11.8 Å². The molecule has 2 aromatic carbocycles. The molecule has 3 amide bonds. The van der Waals surface area contributed by atoms with Crippen molar-refractivity contribution in [3.05, 3.63) is 65.2 Å². The lowest BCUT2D eigenvalue weighted by Crippen LogP contribution is -2.53. The highest BCUT2D eigenvalue weighted by atomic mass is 16.5. The minimum Gasteiger partial charge on any atom is -0.497 e. The van der Waals surface area contributed by atoms with Crippen molar-refractivity contribution in [1.29, 1.82) is 0 Å². The number of methoxy groups -OCH3 is 1. The molecule has 0 spiro atoms. The molecule has 0 radical (unpaired) electrons. The molecule has 7 heteroatoms. The quantitative estimate of drug-likeness (QED) is 0.704. The number of fused-ring (bicyclic) bond motifs is 1. The van der Waals surface area contributed by atoms with E-state index >= 15 is 0 Å². The highest BCUT2D eigenvalue weighted by Gasteiger charge is 2.33. The van der Waals surface area contributed by atoms with Crippen LogP contribution in [-0.4, -0.2) is 72.3 Å². The normalized spacial score (nSPS) is 17.1. The van der Waals surface area contributed by atoms with Crippen molar-refractivity contribution in [3.63, 3.8) is 0 Å². The number of amides is 3. The number of piperazine rings is 1. The molecule has 0 N–H and O–H groups in total. The summed E-state index contributed by atoms with van der Waals surface area (Å²) in [5, 5.41) is 0. The van der Waals surface area contributed by atoms with Crippen molar-refractivity contribution in [1.82, 2.24) is 14.7 Å². The summed E-state index contributed by atoms with van der Waals surface area (Å²) < 4.78 is 5.19. The molecule has 0 saturated carbocycles. The molecule has 2 heterocycles. The van der Waals surface area contributed by atoms with Gasteiger partial charge in [-0.3, -0.25) is 24.2 Å². The summed E-state index contributed by atoms with van der Waals surface area (Å²) in [6.07, 6.45) is 0.158. The smallest absolute Gasteiger partial charge is 0.261 e. The Kier molecular flexibility index (Phi) is 5.81. The highest BCUT2D eigenvalue weighted by Crippen LogP contribution is 2.20. The number of hydrogen-bond donors (Lipinski definition) is 0. The van der Waals surface area contributed by atoms with Crippen molar-refractivity contribution in [2.24, 2.45) is 0 Å². The molecule has 0 aliphatic carbocycles. The van der Waals surface area contributed by atoms with Gasteiger partial charge in [-0.25, -0.2) is 0 Å². The molecule has 0 unspecified atom stereocenters. The van der Waals surface area contributed by atoms with Crippen LogP contribution in [0.4, 0.5) is 0 Å². The Bertz CT molecular complexity index is 949. The second kappa shape index (κ2) is 8.67. The van der Waals surface area contributed by atoms with Crippen LogP contribution in [0.3, 0.4) is 0 Å². The minimum atomic E-state index is -0.381. The number of rotatable bonds is 5. The number of hydrogen-bond acceptors (Lipinski definition) is 5. The average Bonchev–Trinajstić information content (AvgIpc) is 2.77. The van der Waals surface area contributed by atoms with E-state index in [4.69, 9.17) is 4.74 Å². The molecule has 0 bridgehead atoms. The van der Waals surface area contributed by atoms with Crippen molar-refractivity contribution in [2.75, 3.05) is 39.8 Å². The van der Waals surface area contributed by atoms with Crippen LogP contribution in [0.1, 0.15) is 21.5 Å². The van der Waals surface area contributed by atoms with E-state index in [2.05, 4.69) is 4.90 Å². The molecular weight excluding hydrogens is 382 g/mol. The van der Waals surface area contributed by atoms with Gasteiger partial charge in [-0.2, -0.15) is 0 Å². The topological polar surface area (TPSA) is 70.2 Å². The standard InChI is InChI=1S/C23H25N3O4/c1-30-19-8-6-17(7-9-19)15-24-10-12-25(13-11-24)22(28)16-26-21(27)14-18-4-2-3-5-20(18)23(26)29/h2-9H,10-16H2,1H3. The second-order valence-electron chi connectivity index (χ2n) is 7.62. The molecule has 1 fully saturated rings. The molecule has 0 atom stereocenters. The number of ether oxygens (including phenoxy) is 1. The molecule has 0 aromatic heterocycles. The highest BCUT2D eigenvalue weighted by molar-refractivity contribution is 6.11. The van der Waals surface area contributed by atoms with Gasteiger partial charge in [-0.05, 0) is 29.3 Å². The first kappa shape index (κ1) is 20.1. The second-order valence-corrected chi connectivity index (χ2v) is 7.62. The third-order valence-electron chi connectivity index (χ3n) is 5.72. The lowest BCUT2D eigenvalue weighted by Gasteiger charge is -2.36. The van der Waals surface area contributed by atoms with Crippen LogP contribution in [-0.2, 0) is 22.6 Å². The lowest BCUT2D eigenvalue weighted by atomic mass is 9.98. The van der Waals surface area contributed by atoms with E-state index in [1.165, 1.54) is 5.56 Å². The monoisotopic (exact) mass is 407 g/mol. The van der Waals surface area contributed by atoms with E-state index in [-0.39, 0.29) is 30.7 Å². The zero-order chi connectivity index (χ0) is 21.1. The summed E-state index contributed by atoms with van der Waals surface area (Å²) >= 11 is 0. The lowest BCUT2D eigenvalue weighted by molar-refractivity contribution is -0.139. The van der Waals surface area contributed by atoms with Crippen molar-refractivity contribution in [2.45, 2.75) is 13.0 Å². The molecule has 4 rings (SSSR count). The molecule has 30 heavy (non-hydrogen) atoms. The summed E-state index contributed by atoms with van der Waals surface area (Å²) in [6, 6.07) is 15.1. The number of imide groups is 1. The molecule has 1 saturated heterocycles. The molecule has 2 aliphatic heterocycles. The Morgan fingerprint density at radius 2 is 1.67 bits per heavy atom. The summed E-state index contributed by atoms with van der Waals surface area (Å²) in [4.78, 5) is 42.9. The molecule has 156 valence electrons. The number of nitrogens with zero attached hydrogens (tertiary/aromatic N) is 3.